The fourth-order valence-electron chi connectivity index (χ4n) is 11.0. The van der Waals surface area contributed by atoms with Gasteiger partial charge in [0.05, 0.1) is 12.5 Å². The lowest BCUT2D eigenvalue weighted by molar-refractivity contribution is -0.151. The van der Waals surface area contributed by atoms with Gasteiger partial charge in [-0.3, -0.25) is 47.9 Å². The van der Waals surface area contributed by atoms with Gasteiger partial charge < -0.3 is 55.8 Å². The molecule has 21 nitrogen and oxygen atoms in total. The first-order valence-corrected chi connectivity index (χ1v) is 30.0. The van der Waals surface area contributed by atoms with Gasteiger partial charge in [-0.2, -0.15) is 0 Å². The largest absolute Gasteiger partial charge is 0.391 e. The number of likely N-dealkylation sites (N-methyl/N-ethyl adjacent to an activating group) is 5. The number of hydrogen-bond donors (Lipinski definition) is 5. The van der Waals surface area contributed by atoms with E-state index >= 15 is 19.2 Å². The highest BCUT2D eigenvalue weighted by atomic mass is 16.3. The van der Waals surface area contributed by atoms with E-state index in [1.807, 2.05) is 61.5 Å². The molecule has 2 heterocycles. The molecule has 0 bridgehead atoms. The van der Waals surface area contributed by atoms with Gasteiger partial charge in [0.15, 0.2) is 0 Å². The number of aliphatic hydroxyl groups is 1. The van der Waals surface area contributed by atoms with E-state index in [0.29, 0.717) is 37.1 Å². The summed E-state index contributed by atoms with van der Waals surface area (Å²) < 4.78 is 0. The second kappa shape index (κ2) is 32.4. The molecule has 0 spiro atoms. The van der Waals surface area contributed by atoms with Crippen LogP contribution < -0.4 is 21.3 Å². The molecule has 0 radical (unpaired) electrons. The predicted octanol–water partition coefficient (Wildman–Crippen LogP) is 3.55. The third-order valence-corrected chi connectivity index (χ3v) is 16.1. The molecule has 4 rings (SSSR count). The molecule has 21 heteroatoms. The van der Waals surface area contributed by atoms with Gasteiger partial charge in [-0.1, -0.05) is 116 Å². The third-order valence-electron chi connectivity index (χ3n) is 16.1. The van der Waals surface area contributed by atoms with Crippen LogP contribution in [0, 0.1) is 23.7 Å². The van der Waals surface area contributed by atoms with Gasteiger partial charge in [-0.15, -0.1) is 0 Å². The zero-order chi connectivity index (χ0) is 62.9. The van der Waals surface area contributed by atoms with Crippen LogP contribution in [0.4, 0.5) is 0 Å². The average Bonchev–Trinajstić information content (AvgIpc) is 3.54. The lowest BCUT2D eigenvalue weighted by Crippen LogP contribution is -2.62. The maximum absolute atomic E-state index is 15.2. The normalized spacial score (nSPS) is 25.7. The highest BCUT2D eigenvalue weighted by Crippen LogP contribution is 2.23. The lowest BCUT2D eigenvalue weighted by Gasteiger charge is -2.38. The minimum atomic E-state index is -1.70. The van der Waals surface area contributed by atoms with Crippen molar-refractivity contribution in [3.05, 3.63) is 71.8 Å². The lowest BCUT2D eigenvalue weighted by atomic mass is 9.95. The Hall–Kier alpha value is -6.90. The number of nitrogens with zero attached hydrogens (tertiary/aromatic N) is 6. The molecule has 0 aliphatic carbocycles. The number of hydrogen-bond acceptors (Lipinski definition) is 11. The number of piperidine rings is 1. The van der Waals surface area contributed by atoms with Crippen LogP contribution in [0.1, 0.15) is 132 Å². The summed E-state index contributed by atoms with van der Waals surface area (Å²) >= 11 is 0. The van der Waals surface area contributed by atoms with Crippen molar-refractivity contribution >= 4 is 59.1 Å². The van der Waals surface area contributed by atoms with Crippen LogP contribution in [-0.2, 0) is 60.8 Å². The van der Waals surface area contributed by atoms with E-state index in [1.165, 1.54) is 68.7 Å². The van der Waals surface area contributed by atoms with E-state index in [4.69, 9.17) is 0 Å². The first kappa shape index (κ1) is 69.6. The maximum atomic E-state index is 15.2. The van der Waals surface area contributed by atoms with Gasteiger partial charge in [0, 0.05) is 61.2 Å². The summed E-state index contributed by atoms with van der Waals surface area (Å²) in [6, 6.07) is 6.17. The summed E-state index contributed by atoms with van der Waals surface area (Å²) in [5.74, 6) is -7.57. The molecule has 2 aliphatic rings. The van der Waals surface area contributed by atoms with Gasteiger partial charge in [0.2, 0.25) is 59.1 Å². The Balaban J connectivity index is 1.95. The third kappa shape index (κ3) is 19.6. The highest BCUT2D eigenvalue weighted by Gasteiger charge is 2.43. The molecule has 84 heavy (non-hydrogen) atoms. The van der Waals surface area contributed by atoms with Crippen molar-refractivity contribution in [2.24, 2.45) is 23.7 Å². The summed E-state index contributed by atoms with van der Waals surface area (Å²) in [6.07, 6.45) is 0.550. The van der Waals surface area contributed by atoms with Crippen molar-refractivity contribution in [3.63, 3.8) is 0 Å². The Labute approximate surface area is 498 Å². The molecule has 0 aromatic heterocycles. The zero-order valence-corrected chi connectivity index (χ0v) is 52.6. The van der Waals surface area contributed by atoms with Gasteiger partial charge in [0.1, 0.15) is 54.4 Å². The van der Waals surface area contributed by atoms with Gasteiger partial charge in [-0.25, -0.2) is 0 Å². The number of rotatable bonds is 14. The molecule has 10 atom stereocenters. The Morgan fingerprint density at radius 3 is 1.39 bits per heavy atom. The minimum absolute atomic E-state index is 0.00200. The monoisotopic (exact) mass is 1170 g/mol. The maximum Gasteiger partial charge on any atom is 0.245 e. The molecule has 2 aromatic rings. The molecule has 2 aromatic carbocycles. The number of amides is 10. The molecule has 10 amide bonds. The van der Waals surface area contributed by atoms with E-state index in [9.17, 15) is 33.9 Å². The SMILES string of the molecule is CC(C)C[C@@H]1NC(=O)[C@H](Cc2ccccc2)N(C)C(=O)[C@H](C)N(C)C(=O)C[C@@H](C(=O)N2CCCCC2)NC(=O)[C@H]([C@@H](C)O)NC(=O)[C@H](CC(C)C)N(C)C(=O)[C@H](Cc2ccccc2)NC(=O)[C@H](CC(C)C)N(C)C(=O)[C@H](CC(C)C)N(C)C1=O. The van der Waals surface area contributed by atoms with Crippen LogP contribution in [0.15, 0.2) is 60.7 Å². The van der Waals surface area contributed by atoms with E-state index in [2.05, 4.69) is 21.3 Å². The molecule has 0 unspecified atom stereocenters. The van der Waals surface area contributed by atoms with Crippen LogP contribution in [-0.4, -0.2) is 202 Å². The standard InChI is InChI=1S/C63H98N10O11/c1-38(2)31-46-60(81)72(15)52(34-41(7)8)63(84)71(14)49(32-39(3)4)55(76)65-47(35-44-25-19-16-20-26-44)61(82)70(13)50(33-40(5)6)57(78)67-54(43(10)74)58(79)66-48(62(83)73-29-23-18-24-30-73)37-53(75)68(11)42(9)59(80)69(12)51(56(77)64-46)36-45-27-21-17-22-28-45/h16-17,19-22,25-28,38-43,46-52,54,74H,18,23-24,29-37H2,1-15H3,(H,64,77)(H,65,76)(H,66,79)(H,67,78)/t42-,43+,46-,47-,48-,49-,50-,51-,52-,54-/m0/s1. The van der Waals surface area contributed by atoms with Gasteiger partial charge in [0.25, 0.3) is 0 Å². The summed E-state index contributed by atoms with van der Waals surface area (Å²) in [5.41, 5.74) is 1.36. The summed E-state index contributed by atoms with van der Waals surface area (Å²) in [4.78, 5) is 156. The predicted molar refractivity (Wildman–Crippen MR) is 321 cm³/mol. The van der Waals surface area contributed by atoms with Crippen molar-refractivity contribution in [1.82, 2.24) is 50.7 Å². The van der Waals surface area contributed by atoms with Crippen molar-refractivity contribution in [2.45, 2.75) is 194 Å². The summed E-state index contributed by atoms with van der Waals surface area (Å²) in [5, 5.41) is 22.4. The first-order valence-electron chi connectivity index (χ1n) is 30.0. The molecule has 5 N–H and O–H groups in total. The second-order valence-corrected chi connectivity index (χ2v) is 24.9. The van der Waals surface area contributed by atoms with Crippen LogP contribution in [0.2, 0.25) is 0 Å². The number of benzene rings is 2. The van der Waals surface area contributed by atoms with Crippen molar-refractivity contribution in [2.75, 3.05) is 48.3 Å². The van der Waals surface area contributed by atoms with Crippen LogP contribution in [0.3, 0.4) is 0 Å². The first-order chi connectivity index (χ1) is 39.4. The Morgan fingerprint density at radius 1 is 0.476 bits per heavy atom. The second-order valence-electron chi connectivity index (χ2n) is 24.9. The highest BCUT2D eigenvalue weighted by molar-refractivity contribution is 6.00. The molecule has 2 aliphatic heterocycles. The summed E-state index contributed by atoms with van der Waals surface area (Å²) in [7, 11) is 7.21. The fraction of sp³-hybridized carbons (Fsp3) is 0.651. The number of likely N-dealkylation sites (tertiary alicyclic amines) is 1. The number of nitrogens with one attached hydrogen (secondary N) is 4. The zero-order valence-electron chi connectivity index (χ0n) is 52.6. The van der Waals surface area contributed by atoms with Crippen LogP contribution in [0.5, 0.6) is 0 Å². The molecular weight excluding hydrogens is 1070 g/mol. The Bertz CT molecular complexity index is 2560. The fourth-order valence-corrected chi connectivity index (χ4v) is 11.0. The molecule has 466 valence electrons. The average molecular weight is 1170 g/mol. The Kier molecular flexibility index (Phi) is 26.8. The van der Waals surface area contributed by atoms with E-state index in [0.717, 1.165) is 11.3 Å². The Morgan fingerprint density at radius 2 is 0.893 bits per heavy atom. The van der Waals surface area contributed by atoms with E-state index in [1.54, 1.807) is 59.5 Å². The molecule has 0 saturated carbocycles. The van der Waals surface area contributed by atoms with E-state index in [-0.39, 0.29) is 62.2 Å². The van der Waals surface area contributed by atoms with Crippen molar-refractivity contribution in [3.8, 4) is 0 Å². The molecule has 2 fully saturated rings. The van der Waals surface area contributed by atoms with Gasteiger partial charge >= 0.3 is 0 Å². The van der Waals surface area contributed by atoms with Crippen molar-refractivity contribution in [1.29, 1.82) is 0 Å². The summed E-state index contributed by atoms with van der Waals surface area (Å²) in [6.45, 7) is 18.5. The quantitative estimate of drug-likeness (QED) is 0.183. The van der Waals surface area contributed by atoms with Crippen molar-refractivity contribution < 1.29 is 53.1 Å². The number of carbonyl (C=O) groups is 10. The van der Waals surface area contributed by atoms with E-state index < -0.39 is 126 Å². The number of aliphatic hydroxyl groups excluding tert-OH is 1. The van der Waals surface area contributed by atoms with Crippen LogP contribution in [0.25, 0.3) is 0 Å². The van der Waals surface area contributed by atoms with Gasteiger partial charge in [-0.05, 0) is 93.6 Å². The topological polar surface area (TPSA) is 258 Å². The van der Waals surface area contributed by atoms with Crippen LogP contribution >= 0.6 is 0 Å². The molecule has 2 saturated heterocycles. The smallest absolute Gasteiger partial charge is 0.245 e. The number of carbonyl (C=O) groups excluding carboxylic acids is 10. The minimum Gasteiger partial charge on any atom is -0.391 e. The molecular formula is C63H98N10O11.